The Kier molecular flexibility index (Phi) is 6.09. The molecule has 2 atom stereocenters. The highest BCUT2D eigenvalue weighted by Gasteiger charge is 2.29. The van der Waals surface area contributed by atoms with Crippen molar-refractivity contribution in [3.05, 3.63) is 46.5 Å². The fraction of sp³-hybridized carbons (Fsp3) is 0.357. The maximum Gasteiger partial charge on any atom is 0.316 e. The summed E-state index contributed by atoms with van der Waals surface area (Å²) in [6.45, 7) is 1.89. The molecule has 1 rings (SSSR count). The molecule has 0 saturated carbocycles. The predicted octanol–water partition coefficient (Wildman–Crippen LogP) is 3.30. The molecule has 0 aromatic heterocycles. The second-order valence-corrected chi connectivity index (χ2v) is 4.69. The zero-order valence-electron chi connectivity index (χ0n) is 10.7. The lowest BCUT2D eigenvalue weighted by Gasteiger charge is -2.21. The van der Waals surface area contributed by atoms with Gasteiger partial charge in [0.2, 0.25) is 0 Å². The third-order valence-electron chi connectivity index (χ3n) is 2.67. The van der Waals surface area contributed by atoms with Gasteiger partial charge in [-0.05, 0) is 24.6 Å². The van der Waals surface area contributed by atoms with Gasteiger partial charge in [-0.3, -0.25) is 4.79 Å². The summed E-state index contributed by atoms with van der Waals surface area (Å²) in [5.74, 6) is -0.758. The zero-order valence-corrected chi connectivity index (χ0v) is 12.3. The molecule has 0 aliphatic rings. The summed E-state index contributed by atoms with van der Waals surface area (Å²) < 4.78 is 11.2. The molecule has 0 fully saturated rings. The monoisotopic (exact) mass is 312 g/mol. The molecule has 0 aliphatic carbocycles. The van der Waals surface area contributed by atoms with Crippen molar-refractivity contribution in [3.8, 4) is 0 Å². The highest BCUT2D eigenvalue weighted by molar-refractivity contribution is 9.10. The summed E-state index contributed by atoms with van der Waals surface area (Å²) in [7, 11) is 2.97. The van der Waals surface area contributed by atoms with Gasteiger partial charge in [0.15, 0.2) is 0 Å². The largest absolute Gasteiger partial charge is 0.468 e. The van der Waals surface area contributed by atoms with Crippen LogP contribution in [-0.4, -0.2) is 26.3 Å². The number of allylic oxidation sites excluding steroid dienone is 1. The maximum absolute atomic E-state index is 11.9. The molecule has 0 saturated heterocycles. The van der Waals surface area contributed by atoms with Gasteiger partial charge in [-0.15, -0.1) is 0 Å². The van der Waals surface area contributed by atoms with Crippen molar-refractivity contribution in [2.75, 3.05) is 14.2 Å². The second kappa shape index (κ2) is 7.34. The van der Waals surface area contributed by atoms with Crippen LogP contribution in [0.4, 0.5) is 0 Å². The van der Waals surface area contributed by atoms with Crippen LogP contribution < -0.4 is 0 Å². The summed E-state index contributed by atoms with van der Waals surface area (Å²) >= 11 is 3.37. The van der Waals surface area contributed by atoms with E-state index in [0.717, 1.165) is 10.0 Å². The van der Waals surface area contributed by atoms with Crippen LogP contribution in [-0.2, 0) is 14.3 Å². The van der Waals surface area contributed by atoms with Crippen molar-refractivity contribution in [3.63, 3.8) is 0 Å². The van der Waals surface area contributed by atoms with Crippen LogP contribution in [0.2, 0.25) is 0 Å². The van der Waals surface area contributed by atoms with Crippen LogP contribution in [0.3, 0.4) is 0 Å². The van der Waals surface area contributed by atoms with E-state index in [1.807, 2.05) is 43.3 Å². The number of carbonyl (C=O) groups is 1. The van der Waals surface area contributed by atoms with Crippen molar-refractivity contribution in [1.82, 2.24) is 0 Å². The standard InChI is InChI=1S/C14H17BrO3/c1-4-5-12(17-2)13(14(16)18-3)10-6-8-11(15)9-7-10/h4-9,12-13H,1-3H3/b5-4+/t12-,13-/m1/s1. The van der Waals surface area contributed by atoms with Gasteiger partial charge in [-0.2, -0.15) is 0 Å². The minimum atomic E-state index is -0.454. The number of carbonyl (C=O) groups excluding carboxylic acids is 1. The van der Waals surface area contributed by atoms with Crippen LogP contribution in [0.25, 0.3) is 0 Å². The molecular weight excluding hydrogens is 296 g/mol. The van der Waals surface area contributed by atoms with Crippen LogP contribution in [0.15, 0.2) is 40.9 Å². The number of methoxy groups -OCH3 is 2. The predicted molar refractivity (Wildman–Crippen MR) is 74.5 cm³/mol. The molecule has 0 aliphatic heterocycles. The van der Waals surface area contributed by atoms with E-state index >= 15 is 0 Å². The van der Waals surface area contributed by atoms with E-state index in [4.69, 9.17) is 9.47 Å². The number of benzene rings is 1. The third kappa shape index (κ3) is 3.68. The maximum atomic E-state index is 11.9. The van der Waals surface area contributed by atoms with E-state index in [-0.39, 0.29) is 12.1 Å². The summed E-state index contributed by atoms with van der Waals surface area (Å²) in [4.78, 5) is 11.9. The van der Waals surface area contributed by atoms with Gasteiger partial charge in [-0.25, -0.2) is 0 Å². The molecule has 3 nitrogen and oxygen atoms in total. The molecule has 0 amide bonds. The summed E-state index contributed by atoms with van der Waals surface area (Å²) in [6.07, 6.45) is 3.38. The van der Waals surface area contributed by atoms with Crippen molar-refractivity contribution in [1.29, 1.82) is 0 Å². The summed E-state index contributed by atoms with van der Waals surface area (Å²) in [6, 6.07) is 7.57. The van der Waals surface area contributed by atoms with Gasteiger partial charge in [0, 0.05) is 11.6 Å². The fourth-order valence-corrected chi connectivity index (χ4v) is 2.04. The normalized spacial score (nSPS) is 14.4. The number of hydrogen-bond donors (Lipinski definition) is 0. The van der Waals surface area contributed by atoms with E-state index in [0.29, 0.717) is 0 Å². The van der Waals surface area contributed by atoms with E-state index in [9.17, 15) is 4.79 Å². The minimum Gasteiger partial charge on any atom is -0.468 e. The Morgan fingerprint density at radius 1 is 1.28 bits per heavy atom. The van der Waals surface area contributed by atoms with Crippen molar-refractivity contribution in [2.45, 2.75) is 18.9 Å². The quantitative estimate of drug-likeness (QED) is 0.618. The molecule has 0 unspecified atom stereocenters. The molecule has 0 spiro atoms. The first kappa shape index (κ1) is 14.9. The van der Waals surface area contributed by atoms with Crippen LogP contribution >= 0.6 is 15.9 Å². The van der Waals surface area contributed by atoms with Crippen LogP contribution in [0, 0.1) is 0 Å². The molecule has 1 aromatic rings. The lowest BCUT2D eigenvalue weighted by molar-refractivity contribution is -0.145. The van der Waals surface area contributed by atoms with Gasteiger partial charge in [0.1, 0.15) is 5.92 Å². The average molecular weight is 313 g/mol. The van der Waals surface area contributed by atoms with Crippen LogP contribution in [0.5, 0.6) is 0 Å². The van der Waals surface area contributed by atoms with Gasteiger partial charge in [0.05, 0.1) is 13.2 Å². The van der Waals surface area contributed by atoms with E-state index in [1.54, 1.807) is 7.11 Å². The molecule has 1 aromatic carbocycles. The number of halogens is 1. The highest BCUT2D eigenvalue weighted by Crippen LogP contribution is 2.25. The minimum absolute atomic E-state index is 0.303. The molecule has 0 N–H and O–H groups in total. The van der Waals surface area contributed by atoms with E-state index in [1.165, 1.54) is 7.11 Å². The Morgan fingerprint density at radius 3 is 2.33 bits per heavy atom. The number of esters is 1. The number of hydrogen-bond acceptors (Lipinski definition) is 3. The molecular formula is C14H17BrO3. The fourth-order valence-electron chi connectivity index (χ4n) is 1.77. The first-order valence-electron chi connectivity index (χ1n) is 5.63. The average Bonchev–Trinajstić information content (AvgIpc) is 2.39. The van der Waals surface area contributed by atoms with Gasteiger partial charge in [0.25, 0.3) is 0 Å². The van der Waals surface area contributed by atoms with Gasteiger partial charge in [-0.1, -0.05) is 40.2 Å². The van der Waals surface area contributed by atoms with E-state index < -0.39 is 5.92 Å². The molecule has 0 radical (unpaired) electrons. The number of rotatable bonds is 5. The molecule has 0 heterocycles. The SMILES string of the molecule is C/C=C/[C@@H](OC)[C@H](C(=O)OC)c1ccc(Br)cc1. The van der Waals surface area contributed by atoms with Gasteiger partial charge >= 0.3 is 5.97 Å². The second-order valence-electron chi connectivity index (χ2n) is 3.78. The Morgan fingerprint density at radius 2 is 1.89 bits per heavy atom. The Labute approximate surface area is 116 Å². The number of ether oxygens (including phenoxy) is 2. The zero-order chi connectivity index (χ0) is 13.5. The van der Waals surface area contributed by atoms with Gasteiger partial charge < -0.3 is 9.47 Å². The summed E-state index contributed by atoms with van der Waals surface area (Å²) in [5, 5.41) is 0. The topological polar surface area (TPSA) is 35.5 Å². The highest BCUT2D eigenvalue weighted by atomic mass is 79.9. The molecule has 98 valence electrons. The first-order valence-corrected chi connectivity index (χ1v) is 6.42. The molecule has 4 heteroatoms. The lowest BCUT2D eigenvalue weighted by atomic mass is 9.93. The van der Waals surface area contributed by atoms with Crippen LogP contribution in [0.1, 0.15) is 18.4 Å². The van der Waals surface area contributed by atoms with Crippen molar-refractivity contribution < 1.29 is 14.3 Å². The Bertz CT molecular complexity index is 412. The third-order valence-corrected chi connectivity index (χ3v) is 3.20. The summed E-state index contributed by atoms with van der Waals surface area (Å²) in [5.41, 5.74) is 0.870. The first-order chi connectivity index (χ1) is 8.63. The van der Waals surface area contributed by atoms with Crippen molar-refractivity contribution in [2.24, 2.45) is 0 Å². The Balaban J connectivity index is 3.11. The molecule has 18 heavy (non-hydrogen) atoms. The van der Waals surface area contributed by atoms with Crippen molar-refractivity contribution >= 4 is 21.9 Å². The lowest BCUT2D eigenvalue weighted by Crippen LogP contribution is -2.27. The smallest absolute Gasteiger partial charge is 0.316 e. The Hall–Kier alpha value is -1.13. The molecule has 0 bridgehead atoms. The van der Waals surface area contributed by atoms with E-state index in [2.05, 4.69) is 15.9 Å².